The minimum atomic E-state index is -0.535. The summed E-state index contributed by atoms with van der Waals surface area (Å²) in [5.41, 5.74) is 0.0509. The molecule has 2 unspecified atom stereocenters. The molecular weight excluding hydrogens is 380 g/mol. The Bertz CT molecular complexity index is 733. The Morgan fingerprint density at radius 3 is 2.86 bits per heavy atom. The summed E-state index contributed by atoms with van der Waals surface area (Å²) in [4.78, 5) is 43.9. The quantitative estimate of drug-likeness (QED) is 0.371. The smallest absolute Gasteiger partial charge is 0.248 e. The van der Waals surface area contributed by atoms with E-state index >= 15 is 0 Å². The monoisotopic (exact) mass is 408 g/mol. The second kappa shape index (κ2) is 8.57. The van der Waals surface area contributed by atoms with Gasteiger partial charge in [0.1, 0.15) is 6.04 Å². The molecule has 0 aromatic carbocycles. The molecule has 9 heteroatoms. The molecule has 0 radical (unpaired) electrons. The number of aryl methyl sites for hydroxylation is 1. The van der Waals surface area contributed by atoms with Gasteiger partial charge in [0.25, 0.3) is 0 Å². The van der Waals surface area contributed by atoms with Crippen LogP contribution in [0.15, 0.2) is 6.20 Å². The number of nitrogens with one attached hydrogen (secondary N) is 1. The number of thiazole rings is 1. The fraction of sp³-hybridized carbons (Fsp3) is 0.684. The number of likely N-dealkylation sites (tertiary alicyclic amines) is 1. The molecule has 1 aliphatic carbocycles. The summed E-state index contributed by atoms with van der Waals surface area (Å²) in [6, 6.07) is -0.535. The van der Waals surface area contributed by atoms with Crippen LogP contribution in [0.3, 0.4) is 0 Å². The molecule has 1 spiro atoms. The number of carbonyl (C=O) groups is 3. The van der Waals surface area contributed by atoms with Crippen LogP contribution in [0.25, 0.3) is 0 Å². The SMILES string of the molecule is CCCCC(CN(O)C=O)C(=O)N1CC2(CC2)CC1C(=O)Nc1ncc(C)s1. The molecular formula is C19H28N4O4S. The predicted molar refractivity (Wildman–Crippen MR) is 105 cm³/mol. The van der Waals surface area contributed by atoms with Crippen molar-refractivity contribution in [1.29, 1.82) is 0 Å². The van der Waals surface area contributed by atoms with E-state index in [0.717, 1.165) is 30.6 Å². The highest BCUT2D eigenvalue weighted by Gasteiger charge is 2.55. The zero-order valence-electron chi connectivity index (χ0n) is 16.4. The first kappa shape index (κ1) is 20.7. The summed E-state index contributed by atoms with van der Waals surface area (Å²) in [6.45, 7) is 4.46. The van der Waals surface area contributed by atoms with Gasteiger partial charge >= 0.3 is 0 Å². The van der Waals surface area contributed by atoms with Crippen LogP contribution >= 0.6 is 11.3 Å². The van der Waals surface area contributed by atoms with Crippen LogP contribution in [0.1, 0.15) is 50.3 Å². The van der Waals surface area contributed by atoms with Crippen LogP contribution in [0.4, 0.5) is 5.13 Å². The Kier molecular flexibility index (Phi) is 6.34. The fourth-order valence-corrected chi connectivity index (χ4v) is 4.58. The summed E-state index contributed by atoms with van der Waals surface area (Å²) >= 11 is 1.40. The van der Waals surface area contributed by atoms with Crippen molar-refractivity contribution in [2.45, 2.75) is 58.4 Å². The van der Waals surface area contributed by atoms with Crippen molar-refractivity contribution in [3.8, 4) is 0 Å². The van der Waals surface area contributed by atoms with Crippen molar-refractivity contribution in [2.75, 3.05) is 18.4 Å². The van der Waals surface area contributed by atoms with Gasteiger partial charge in [-0.1, -0.05) is 19.8 Å². The molecule has 1 saturated carbocycles. The third-order valence-corrected chi connectivity index (χ3v) is 6.52. The van der Waals surface area contributed by atoms with E-state index in [0.29, 0.717) is 36.0 Å². The van der Waals surface area contributed by atoms with E-state index in [1.807, 2.05) is 13.8 Å². The lowest BCUT2D eigenvalue weighted by molar-refractivity contribution is -0.157. The highest BCUT2D eigenvalue weighted by molar-refractivity contribution is 7.15. The molecule has 154 valence electrons. The highest BCUT2D eigenvalue weighted by atomic mass is 32.1. The number of hydrogen-bond donors (Lipinski definition) is 2. The number of carbonyl (C=O) groups excluding carboxylic acids is 3. The molecule has 0 bridgehead atoms. The second-order valence-corrected chi connectivity index (χ2v) is 9.25. The molecule has 2 heterocycles. The van der Waals surface area contributed by atoms with Gasteiger partial charge in [0, 0.05) is 17.6 Å². The van der Waals surface area contributed by atoms with E-state index in [2.05, 4.69) is 10.3 Å². The summed E-state index contributed by atoms with van der Waals surface area (Å²) in [6.07, 6.45) is 7.03. The maximum absolute atomic E-state index is 13.3. The Hall–Kier alpha value is -2.00. The normalized spacial score (nSPS) is 20.8. The largest absolute Gasteiger partial charge is 0.330 e. The van der Waals surface area contributed by atoms with Crippen molar-refractivity contribution < 1.29 is 19.6 Å². The molecule has 2 aliphatic rings. The molecule has 2 atom stereocenters. The number of amides is 3. The number of hydroxylamine groups is 2. The number of nitrogens with zero attached hydrogens (tertiary/aromatic N) is 3. The lowest BCUT2D eigenvalue weighted by Crippen LogP contribution is -2.47. The lowest BCUT2D eigenvalue weighted by Gasteiger charge is -2.29. The first-order valence-corrected chi connectivity index (χ1v) is 10.6. The van der Waals surface area contributed by atoms with Crippen molar-refractivity contribution >= 4 is 34.7 Å². The van der Waals surface area contributed by atoms with E-state index in [1.54, 1.807) is 11.1 Å². The van der Waals surface area contributed by atoms with Gasteiger partial charge in [-0.2, -0.15) is 0 Å². The zero-order chi connectivity index (χ0) is 20.3. The molecule has 1 aromatic heterocycles. The number of aromatic nitrogens is 1. The summed E-state index contributed by atoms with van der Waals surface area (Å²) in [7, 11) is 0. The van der Waals surface area contributed by atoms with E-state index < -0.39 is 12.0 Å². The minimum absolute atomic E-state index is 0.0498. The number of rotatable bonds is 9. The van der Waals surface area contributed by atoms with Crippen LogP contribution in [0.2, 0.25) is 0 Å². The molecule has 8 nitrogen and oxygen atoms in total. The Labute approximate surface area is 168 Å². The van der Waals surface area contributed by atoms with Gasteiger partial charge in [0.2, 0.25) is 18.2 Å². The van der Waals surface area contributed by atoms with Crippen molar-refractivity contribution in [2.24, 2.45) is 11.3 Å². The highest BCUT2D eigenvalue weighted by Crippen LogP contribution is 2.55. The number of unbranched alkanes of at least 4 members (excludes halogenated alkanes) is 1. The lowest BCUT2D eigenvalue weighted by atomic mass is 9.99. The Morgan fingerprint density at radius 2 is 2.29 bits per heavy atom. The minimum Gasteiger partial charge on any atom is -0.330 e. The number of anilines is 1. The van der Waals surface area contributed by atoms with Gasteiger partial charge in [-0.25, -0.2) is 10.0 Å². The fourth-order valence-electron chi connectivity index (χ4n) is 3.91. The first-order chi connectivity index (χ1) is 13.4. The topological polar surface area (TPSA) is 103 Å². The molecule has 1 aromatic rings. The summed E-state index contributed by atoms with van der Waals surface area (Å²) in [5.74, 6) is -0.882. The van der Waals surface area contributed by atoms with Crippen molar-refractivity contribution in [1.82, 2.24) is 14.9 Å². The average Bonchev–Trinajstić information content (AvgIpc) is 3.12. The van der Waals surface area contributed by atoms with Gasteiger partial charge in [-0.05, 0) is 38.0 Å². The molecule has 28 heavy (non-hydrogen) atoms. The van der Waals surface area contributed by atoms with Crippen molar-refractivity contribution in [3.63, 3.8) is 0 Å². The standard InChI is InChI=1S/C19H28N4O4S/c1-3-4-5-14(10-22(27)12-24)17(26)23-11-19(6-7-19)8-15(23)16(25)21-18-20-9-13(2)28-18/h9,12,14-15,27H,3-8,10-11H2,1-2H3,(H,20,21,25). The van der Waals surface area contributed by atoms with Crippen LogP contribution < -0.4 is 5.32 Å². The van der Waals surface area contributed by atoms with Gasteiger partial charge in [0.05, 0.1) is 12.5 Å². The van der Waals surface area contributed by atoms with E-state index in [-0.39, 0.29) is 23.8 Å². The maximum Gasteiger partial charge on any atom is 0.248 e. The molecule has 3 rings (SSSR count). The summed E-state index contributed by atoms with van der Waals surface area (Å²) in [5, 5.41) is 13.5. The van der Waals surface area contributed by atoms with Gasteiger partial charge in [-0.15, -0.1) is 11.3 Å². The Morgan fingerprint density at radius 1 is 1.54 bits per heavy atom. The van der Waals surface area contributed by atoms with Crippen LogP contribution in [-0.2, 0) is 14.4 Å². The van der Waals surface area contributed by atoms with E-state index in [9.17, 15) is 19.6 Å². The van der Waals surface area contributed by atoms with Crippen LogP contribution in [-0.4, -0.2) is 57.5 Å². The van der Waals surface area contributed by atoms with Gasteiger partial charge in [-0.3, -0.25) is 19.6 Å². The number of hydrogen-bond acceptors (Lipinski definition) is 6. The second-order valence-electron chi connectivity index (χ2n) is 8.02. The molecule has 1 saturated heterocycles. The molecule has 1 aliphatic heterocycles. The van der Waals surface area contributed by atoms with E-state index in [4.69, 9.17) is 0 Å². The summed E-state index contributed by atoms with van der Waals surface area (Å²) < 4.78 is 0. The Balaban J connectivity index is 1.74. The third kappa shape index (κ3) is 4.70. The predicted octanol–water partition coefficient (Wildman–Crippen LogP) is 2.43. The van der Waals surface area contributed by atoms with Crippen LogP contribution in [0, 0.1) is 18.3 Å². The molecule has 3 amide bonds. The third-order valence-electron chi connectivity index (χ3n) is 5.69. The maximum atomic E-state index is 13.3. The average molecular weight is 409 g/mol. The van der Waals surface area contributed by atoms with E-state index in [1.165, 1.54) is 11.3 Å². The molecule has 2 N–H and O–H groups in total. The van der Waals surface area contributed by atoms with Crippen LogP contribution in [0.5, 0.6) is 0 Å². The van der Waals surface area contributed by atoms with Gasteiger partial charge in [0.15, 0.2) is 5.13 Å². The van der Waals surface area contributed by atoms with Crippen molar-refractivity contribution in [3.05, 3.63) is 11.1 Å². The zero-order valence-corrected chi connectivity index (χ0v) is 17.2. The van der Waals surface area contributed by atoms with Gasteiger partial charge < -0.3 is 10.2 Å². The first-order valence-electron chi connectivity index (χ1n) is 9.82. The molecule has 2 fully saturated rings.